The Bertz CT molecular complexity index is 1000. The van der Waals surface area contributed by atoms with E-state index in [-0.39, 0.29) is 11.1 Å². The maximum Gasteiger partial charge on any atom is 0.353 e. The molecule has 1 aromatic heterocycles. The van der Waals surface area contributed by atoms with E-state index in [1.165, 1.54) is 4.57 Å². The standard InChI is InChI=1S/C17H15ClN4O2/c1-17(6-7-17)22-15(23)12-3-2-8-21(14(12)20-16(22)24)10-11-4-5-13(18)19-9-11/h2-5,8-9H,6-7,10H2,1H3. The van der Waals surface area contributed by atoms with Crippen molar-refractivity contribution in [3.8, 4) is 11.4 Å². The summed E-state index contributed by atoms with van der Waals surface area (Å²) < 4.78 is 3.08. The average molecular weight is 343 g/mol. The van der Waals surface area contributed by atoms with Gasteiger partial charge in [0.15, 0.2) is 5.82 Å². The molecule has 1 fully saturated rings. The van der Waals surface area contributed by atoms with Crippen LogP contribution >= 0.6 is 11.6 Å². The molecule has 7 heteroatoms. The molecule has 0 saturated heterocycles. The molecular weight excluding hydrogens is 328 g/mol. The first-order chi connectivity index (χ1) is 11.5. The van der Waals surface area contributed by atoms with Gasteiger partial charge in [-0.2, -0.15) is 4.98 Å². The molecule has 122 valence electrons. The Morgan fingerprint density at radius 3 is 2.71 bits per heavy atom. The van der Waals surface area contributed by atoms with Crippen LogP contribution in [0.4, 0.5) is 0 Å². The number of halogens is 1. The predicted molar refractivity (Wildman–Crippen MR) is 90.6 cm³/mol. The first kappa shape index (κ1) is 15.1. The van der Waals surface area contributed by atoms with Crippen molar-refractivity contribution in [2.45, 2.75) is 31.8 Å². The average Bonchev–Trinajstić information content (AvgIpc) is 3.28. The van der Waals surface area contributed by atoms with Crippen LogP contribution in [-0.4, -0.2) is 19.1 Å². The summed E-state index contributed by atoms with van der Waals surface area (Å²) in [6, 6.07) is 7.06. The van der Waals surface area contributed by atoms with Crippen molar-refractivity contribution in [1.82, 2.24) is 19.1 Å². The third kappa shape index (κ3) is 2.43. The summed E-state index contributed by atoms with van der Waals surface area (Å²) in [5, 5.41) is 0.419. The minimum absolute atomic E-state index is 0.270. The quantitative estimate of drug-likeness (QED) is 0.684. The van der Waals surface area contributed by atoms with Crippen LogP contribution in [0.5, 0.6) is 0 Å². The molecule has 2 aliphatic heterocycles. The summed E-state index contributed by atoms with van der Waals surface area (Å²) in [6.45, 7) is 2.37. The highest BCUT2D eigenvalue weighted by Gasteiger charge is 2.42. The molecule has 0 spiro atoms. The lowest BCUT2D eigenvalue weighted by Crippen LogP contribution is -2.43. The van der Waals surface area contributed by atoms with Gasteiger partial charge < -0.3 is 4.57 Å². The van der Waals surface area contributed by atoms with Gasteiger partial charge >= 0.3 is 5.69 Å². The van der Waals surface area contributed by atoms with Crippen LogP contribution in [0, 0.1) is 0 Å². The van der Waals surface area contributed by atoms with Crippen molar-refractivity contribution < 1.29 is 0 Å². The number of rotatable bonds is 3. The van der Waals surface area contributed by atoms with E-state index in [1.807, 2.05) is 13.0 Å². The Morgan fingerprint density at radius 1 is 1.25 bits per heavy atom. The number of aromatic nitrogens is 4. The second-order valence-corrected chi connectivity index (χ2v) is 6.78. The molecule has 0 radical (unpaired) electrons. The Morgan fingerprint density at radius 2 is 2.04 bits per heavy atom. The van der Waals surface area contributed by atoms with E-state index in [1.54, 1.807) is 35.2 Å². The molecule has 0 unspecified atom stereocenters. The normalized spacial score (nSPS) is 15.6. The molecule has 3 aliphatic rings. The molecule has 0 bridgehead atoms. The van der Waals surface area contributed by atoms with Gasteiger partial charge in [0.05, 0.1) is 17.6 Å². The molecule has 1 saturated carbocycles. The van der Waals surface area contributed by atoms with Crippen LogP contribution in [0.3, 0.4) is 0 Å². The van der Waals surface area contributed by atoms with Crippen LogP contribution in [-0.2, 0) is 12.1 Å². The van der Waals surface area contributed by atoms with Crippen LogP contribution in [0.25, 0.3) is 11.4 Å². The fourth-order valence-corrected chi connectivity index (χ4v) is 3.00. The molecule has 6 nitrogen and oxygen atoms in total. The topological polar surface area (TPSA) is 69.8 Å². The van der Waals surface area contributed by atoms with Gasteiger partial charge in [-0.3, -0.25) is 9.36 Å². The number of fused-ring (bicyclic) bond motifs is 1. The minimum Gasteiger partial charge on any atom is -0.328 e. The van der Waals surface area contributed by atoms with E-state index < -0.39 is 5.69 Å². The smallest absolute Gasteiger partial charge is 0.328 e. The zero-order valence-corrected chi connectivity index (χ0v) is 13.8. The molecule has 1 aliphatic carbocycles. The van der Waals surface area contributed by atoms with E-state index in [0.717, 1.165) is 18.4 Å². The number of pyridine rings is 2. The van der Waals surface area contributed by atoms with Crippen molar-refractivity contribution in [2.75, 3.05) is 0 Å². The maximum atomic E-state index is 12.8. The Hall–Kier alpha value is -2.47. The van der Waals surface area contributed by atoms with Gasteiger partial charge in [0, 0.05) is 12.4 Å². The Balaban J connectivity index is 1.85. The third-order valence-corrected chi connectivity index (χ3v) is 4.75. The van der Waals surface area contributed by atoms with E-state index in [9.17, 15) is 9.59 Å². The Kier molecular flexibility index (Phi) is 3.31. The summed E-state index contributed by atoms with van der Waals surface area (Å²) in [7, 11) is 0. The van der Waals surface area contributed by atoms with Crippen molar-refractivity contribution in [3.63, 3.8) is 0 Å². The SMILES string of the molecule is CC1(n2c(=O)nc3n(Cc4ccc(Cl)nc4)cccc-3c2=O)CC1. The largest absolute Gasteiger partial charge is 0.353 e. The third-order valence-electron chi connectivity index (χ3n) is 4.52. The van der Waals surface area contributed by atoms with Crippen LogP contribution < -0.4 is 11.2 Å². The van der Waals surface area contributed by atoms with E-state index in [4.69, 9.17) is 11.6 Å². The lowest BCUT2D eigenvalue weighted by atomic mass is 10.2. The zero-order valence-electron chi connectivity index (χ0n) is 13.1. The maximum absolute atomic E-state index is 12.8. The number of hydrogen-bond donors (Lipinski definition) is 0. The van der Waals surface area contributed by atoms with E-state index in [2.05, 4.69) is 9.97 Å². The summed E-state index contributed by atoms with van der Waals surface area (Å²) in [4.78, 5) is 33.4. The minimum atomic E-state index is -0.485. The fraction of sp³-hybridized carbons (Fsp3) is 0.294. The van der Waals surface area contributed by atoms with Gasteiger partial charge in [-0.25, -0.2) is 9.78 Å². The molecule has 0 atom stereocenters. The highest BCUT2D eigenvalue weighted by Crippen LogP contribution is 2.40. The molecule has 24 heavy (non-hydrogen) atoms. The fourth-order valence-electron chi connectivity index (χ4n) is 2.89. The van der Waals surface area contributed by atoms with Crippen molar-refractivity contribution in [1.29, 1.82) is 0 Å². The van der Waals surface area contributed by atoms with Crippen molar-refractivity contribution in [3.05, 3.63) is 68.2 Å². The first-order valence-corrected chi connectivity index (χ1v) is 8.09. The second-order valence-electron chi connectivity index (χ2n) is 6.39. The first-order valence-electron chi connectivity index (χ1n) is 7.71. The predicted octanol–water partition coefficient (Wildman–Crippen LogP) is 2.12. The van der Waals surface area contributed by atoms with Crippen LogP contribution in [0.1, 0.15) is 25.3 Å². The lowest BCUT2D eigenvalue weighted by molar-refractivity contribution is 0.484. The van der Waals surface area contributed by atoms with Gasteiger partial charge in [-0.05, 0) is 43.5 Å². The molecule has 0 N–H and O–H groups in total. The van der Waals surface area contributed by atoms with Crippen LogP contribution in [0.2, 0.25) is 5.15 Å². The van der Waals surface area contributed by atoms with Gasteiger partial charge in [-0.1, -0.05) is 17.7 Å². The van der Waals surface area contributed by atoms with Crippen LogP contribution in [0.15, 0.2) is 46.2 Å². The monoisotopic (exact) mass is 342 g/mol. The van der Waals surface area contributed by atoms with E-state index in [0.29, 0.717) is 23.1 Å². The van der Waals surface area contributed by atoms with Gasteiger partial charge in [-0.15, -0.1) is 0 Å². The molecule has 3 heterocycles. The van der Waals surface area contributed by atoms with Gasteiger partial charge in [0.25, 0.3) is 5.56 Å². The highest BCUT2D eigenvalue weighted by atomic mass is 35.5. The number of hydrogen-bond acceptors (Lipinski definition) is 4. The molecule has 1 aromatic rings. The van der Waals surface area contributed by atoms with Gasteiger partial charge in [0.1, 0.15) is 5.15 Å². The molecule has 0 aromatic carbocycles. The zero-order chi connectivity index (χ0) is 16.9. The summed E-state index contributed by atoms with van der Waals surface area (Å²) in [5.74, 6) is 0.392. The number of nitrogens with zero attached hydrogens (tertiary/aromatic N) is 4. The molecule has 0 amide bonds. The summed E-state index contributed by atoms with van der Waals surface area (Å²) in [6.07, 6.45) is 5.13. The molecular formula is C17H15ClN4O2. The van der Waals surface area contributed by atoms with E-state index >= 15 is 0 Å². The summed E-state index contributed by atoms with van der Waals surface area (Å²) >= 11 is 5.80. The van der Waals surface area contributed by atoms with Crippen molar-refractivity contribution in [2.24, 2.45) is 0 Å². The molecule has 4 rings (SSSR count). The van der Waals surface area contributed by atoms with Crippen molar-refractivity contribution >= 4 is 11.6 Å². The Labute approximate surface area is 142 Å². The highest BCUT2D eigenvalue weighted by molar-refractivity contribution is 6.29. The second kappa shape index (κ2) is 5.27. The lowest BCUT2D eigenvalue weighted by Gasteiger charge is -2.17. The van der Waals surface area contributed by atoms with Gasteiger partial charge in [0.2, 0.25) is 0 Å². The summed E-state index contributed by atoms with van der Waals surface area (Å²) in [5.41, 5.74) is 0.225.